The second kappa shape index (κ2) is 6.01. The highest BCUT2D eigenvalue weighted by molar-refractivity contribution is 4.47. The van der Waals surface area contributed by atoms with Crippen LogP contribution >= 0.6 is 0 Å². The molecular weight excluding hydrogens is 118 g/mol. The topological polar surface area (TPSA) is 52.5 Å². The molecule has 1 atom stereocenters. The Kier molecular flexibility index (Phi) is 5.93. The van der Waals surface area contributed by atoms with Gasteiger partial charge in [-0.3, -0.25) is 5.32 Å². The maximum Gasteiger partial charge on any atom is 0.106 e. The second-order valence-electron chi connectivity index (χ2n) is 2.02. The zero-order valence-corrected chi connectivity index (χ0v) is 5.80. The molecule has 9 heavy (non-hydrogen) atoms. The first-order valence-corrected chi connectivity index (χ1v) is 3.33. The summed E-state index contributed by atoms with van der Waals surface area (Å²) < 4.78 is 0. The van der Waals surface area contributed by atoms with Crippen LogP contribution in [0.15, 0.2) is 0 Å². The van der Waals surface area contributed by atoms with Gasteiger partial charge in [-0.2, -0.15) is 0 Å². The number of unbranched alkanes of at least 4 members (excludes halogenated alkanes) is 1. The van der Waals surface area contributed by atoms with Crippen molar-refractivity contribution in [3.63, 3.8) is 0 Å². The van der Waals surface area contributed by atoms with Crippen LogP contribution in [0.3, 0.4) is 0 Å². The largest absolute Gasteiger partial charge is 0.381 e. The van der Waals surface area contributed by atoms with Gasteiger partial charge >= 0.3 is 0 Å². The van der Waals surface area contributed by atoms with Gasteiger partial charge in [-0.05, 0) is 12.8 Å². The van der Waals surface area contributed by atoms with Crippen LogP contribution in [-0.4, -0.2) is 23.2 Å². The molecule has 0 spiro atoms. The standard InChI is InChI=1S/C6H15NO2/c1-2-3-4-6(9)7-5-8/h6-9H,2-5H2,1H3. The molecule has 0 saturated carbocycles. The summed E-state index contributed by atoms with van der Waals surface area (Å²) in [6, 6.07) is 0. The number of aliphatic hydroxyl groups excluding tert-OH is 2. The maximum atomic E-state index is 8.91. The van der Waals surface area contributed by atoms with Crippen molar-refractivity contribution in [2.24, 2.45) is 0 Å². The Morgan fingerprint density at radius 1 is 1.56 bits per heavy atom. The molecule has 0 aliphatic carbocycles. The fourth-order valence-corrected chi connectivity index (χ4v) is 0.605. The van der Waals surface area contributed by atoms with Crippen LogP contribution in [0.5, 0.6) is 0 Å². The fourth-order valence-electron chi connectivity index (χ4n) is 0.605. The zero-order chi connectivity index (χ0) is 7.11. The Morgan fingerprint density at radius 3 is 2.67 bits per heavy atom. The van der Waals surface area contributed by atoms with Crippen LogP contribution in [0.2, 0.25) is 0 Å². The van der Waals surface area contributed by atoms with Gasteiger partial charge in [0.1, 0.15) is 6.23 Å². The van der Waals surface area contributed by atoms with Crippen molar-refractivity contribution in [1.82, 2.24) is 5.32 Å². The average molecular weight is 133 g/mol. The molecule has 56 valence electrons. The fraction of sp³-hybridized carbons (Fsp3) is 1.00. The van der Waals surface area contributed by atoms with Crippen LogP contribution in [0.1, 0.15) is 26.2 Å². The molecule has 0 aliphatic rings. The van der Waals surface area contributed by atoms with Crippen molar-refractivity contribution in [3.8, 4) is 0 Å². The molecule has 0 aromatic carbocycles. The minimum absolute atomic E-state index is 0.148. The lowest BCUT2D eigenvalue weighted by atomic mass is 10.2. The first kappa shape index (κ1) is 8.88. The number of aliphatic hydroxyl groups is 2. The van der Waals surface area contributed by atoms with Gasteiger partial charge in [0.25, 0.3) is 0 Å². The number of rotatable bonds is 5. The summed E-state index contributed by atoms with van der Waals surface area (Å²) in [7, 11) is 0. The van der Waals surface area contributed by atoms with Crippen LogP contribution in [0.4, 0.5) is 0 Å². The third-order valence-corrected chi connectivity index (χ3v) is 1.16. The van der Waals surface area contributed by atoms with Crippen LogP contribution in [-0.2, 0) is 0 Å². The van der Waals surface area contributed by atoms with Crippen molar-refractivity contribution < 1.29 is 10.2 Å². The molecule has 0 aliphatic heterocycles. The lowest BCUT2D eigenvalue weighted by Crippen LogP contribution is -2.29. The summed E-state index contributed by atoms with van der Waals surface area (Å²) in [5.74, 6) is 0. The Labute approximate surface area is 55.7 Å². The van der Waals surface area contributed by atoms with Gasteiger partial charge in [0.2, 0.25) is 0 Å². The Hall–Kier alpha value is -0.120. The molecule has 0 saturated heterocycles. The minimum atomic E-state index is -0.532. The van der Waals surface area contributed by atoms with E-state index in [2.05, 4.69) is 12.2 Å². The Morgan fingerprint density at radius 2 is 2.22 bits per heavy atom. The van der Waals surface area contributed by atoms with E-state index >= 15 is 0 Å². The molecule has 0 aromatic rings. The Balaban J connectivity index is 2.95. The molecule has 0 bridgehead atoms. The van der Waals surface area contributed by atoms with Crippen molar-refractivity contribution in [2.45, 2.75) is 32.4 Å². The molecule has 0 amide bonds. The van der Waals surface area contributed by atoms with Gasteiger partial charge in [0.15, 0.2) is 0 Å². The highest BCUT2D eigenvalue weighted by Crippen LogP contribution is 1.95. The van der Waals surface area contributed by atoms with Crippen molar-refractivity contribution in [1.29, 1.82) is 0 Å². The molecule has 0 radical (unpaired) electrons. The van der Waals surface area contributed by atoms with E-state index in [1.54, 1.807) is 0 Å². The zero-order valence-electron chi connectivity index (χ0n) is 5.80. The molecule has 1 unspecified atom stereocenters. The van der Waals surface area contributed by atoms with E-state index in [0.29, 0.717) is 0 Å². The van der Waals surface area contributed by atoms with Crippen LogP contribution < -0.4 is 5.32 Å². The van der Waals surface area contributed by atoms with Crippen molar-refractivity contribution in [3.05, 3.63) is 0 Å². The van der Waals surface area contributed by atoms with Gasteiger partial charge in [0, 0.05) is 0 Å². The predicted molar refractivity (Wildman–Crippen MR) is 35.8 cm³/mol. The molecule has 0 heterocycles. The molecule has 0 aromatic heterocycles. The van der Waals surface area contributed by atoms with Gasteiger partial charge in [-0.25, -0.2) is 0 Å². The van der Waals surface area contributed by atoms with E-state index in [0.717, 1.165) is 19.3 Å². The maximum absolute atomic E-state index is 8.91. The van der Waals surface area contributed by atoms with E-state index in [1.807, 2.05) is 0 Å². The third-order valence-electron chi connectivity index (χ3n) is 1.16. The summed E-state index contributed by atoms with van der Waals surface area (Å²) in [6.07, 6.45) is 2.25. The summed E-state index contributed by atoms with van der Waals surface area (Å²) >= 11 is 0. The monoisotopic (exact) mass is 133 g/mol. The Bertz CT molecular complexity index is 59.0. The van der Waals surface area contributed by atoms with E-state index in [9.17, 15) is 0 Å². The molecule has 3 heteroatoms. The first-order valence-electron chi connectivity index (χ1n) is 3.33. The summed E-state index contributed by atoms with van der Waals surface area (Å²) in [6.45, 7) is 1.91. The average Bonchev–Trinajstić information content (AvgIpc) is 1.85. The van der Waals surface area contributed by atoms with E-state index in [1.165, 1.54) is 0 Å². The quantitative estimate of drug-likeness (QED) is 0.464. The summed E-state index contributed by atoms with van der Waals surface area (Å²) in [5, 5.41) is 19.7. The van der Waals surface area contributed by atoms with E-state index in [-0.39, 0.29) is 6.73 Å². The van der Waals surface area contributed by atoms with E-state index in [4.69, 9.17) is 10.2 Å². The summed E-state index contributed by atoms with van der Waals surface area (Å²) in [5.41, 5.74) is 0. The lowest BCUT2D eigenvalue weighted by molar-refractivity contribution is 0.0887. The highest BCUT2D eigenvalue weighted by atomic mass is 16.3. The molecule has 3 N–H and O–H groups in total. The molecule has 3 nitrogen and oxygen atoms in total. The van der Waals surface area contributed by atoms with Crippen LogP contribution in [0, 0.1) is 0 Å². The molecular formula is C6H15NO2. The number of nitrogens with one attached hydrogen (secondary N) is 1. The smallest absolute Gasteiger partial charge is 0.106 e. The highest BCUT2D eigenvalue weighted by Gasteiger charge is 1.98. The van der Waals surface area contributed by atoms with Gasteiger partial charge in [-0.1, -0.05) is 13.3 Å². The van der Waals surface area contributed by atoms with Crippen molar-refractivity contribution >= 4 is 0 Å². The SMILES string of the molecule is CCCCC(O)NCO. The molecule has 0 rings (SSSR count). The normalized spacial score (nSPS) is 13.7. The minimum Gasteiger partial charge on any atom is -0.381 e. The number of hydrogen-bond acceptors (Lipinski definition) is 3. The van der Waals surface area contributed by atoms with Gasteiger partial charge in [0.05, 0.1) is 6.73 Å². The number of hydrogen-bond donors (Lipinski definition) is 3. The lowest BCUT2D eigenvalue weighted by Gasteiger charge is -2.08. The van der Waals surface area contributed by atoms with Gasteiger partial charge < -0.3 is 10.2 Å². The molecule has 0 fully saturated rings. The van der Waals surface area contributed by atoms with Crippen molar-refractivity contribution in [2.75, 3.05) is 6.73 Å². The summed E-state index contributed by atoms with van der Waals surface area (Å²) in [4.78, 5) is 0. The van der Waals surface area contributed by atoms with E-state index < -0.39 is 6.23 Å². The van der Waals surface area contributed by atoms with Gasteiger partial charge in [-0.15, -0.1) is 0 Å². The van der Waals surface area contributed by atoms with Crippen LogP contribution in [0.25, 0.3) is 0 Å². The predicted octanol–water partition coefficient (Wildman–Crippen LogP) is 0.0344. The first-order chi connectivity index (χ1) is 4.31. The third kappa shape index (κ3) is 5.76. The second-order valence-corrected chi connectivity index (χ2v) is 2.02.